The van der Waals surface area contributed by atoms with E-state index in [1.807, 2.05) is 22.6 Å². The Morgan fingerprint density at radius 1 is 1.57 bits per heavy atom. The molecule has 4 heteroatoms. The number of thioether (sulfide) groups is 1. The van der Waals surface area contributed by atoms with Crippen LogP contribution in [0.2, 0.25) is 0 Å². The number of nitrogens with one attached hydrogen (secondary N) is 1. The van der Waals surface area contributed by atoms with Gasteiger partial charge in [0.25, 0.3) is 0 Å². The Labute approximate surface area is 90.3 Å². The van der Waals surface area contributed by atoms with Gasteiger partial charge < -0.3 is 5.32 Å². The lowest BCUT2D eigenvalue weighted by Crippen LogP contribution is -2.17. The second-order valence-corrected chi connectivity index (χ2v) is 4.54. The van der Waals surface area contributed by atoms with E-state index in [2.05, 4.69) is 36.6 Å². The third-order valence-electron chi connectivity index (χ3n) is 1.98. The number of hydrogen-bond donors (Lipinski definition) is 1. The molecular weight excluding hydrogens is 194 g/mol. The van der Waals surface area contributed by atoms with Gasteiger partial charge in [-0.2, -0.15) is 16.9 Å². The minimum atomic E-state index is 0.454. The normalized spacial score (nSPS) is 11.1. The van der Waals surface area contributed by atoms with Gasteiger partial charge in [-0.15, -0.1) is 0 Å². The molecule has 0 amide bonds. The van der Waals surface area contributed by atoms with Crippen LogP contribution >= 0.6 is 11.8 Å². The Morgan fingerprint density at radius 2 is 2.36 bits per heavy atom. The molecule has 0 saturated carbocycles. The van der Waals surface area contributed by atoms with Crippen LogP contribution in [0, 0.1) is 0 Å². The van der Waals surface area contributed by atoms with E-state index in [9.17, 15) is 0 Å². The summed E-state index contributed by atoms with van der Waals surface area (Å²) in [6.45, 7) is 6.20. The molecule has 80 valence electrons. The van der Waals surface area contributed by atoms with Crippen molar-refractivity contribution < 1.29 is 0 Å². The molecule has 1 aromatic heterocycles. The van der Waals surface area contributed by atoms with Crippen LogP contribution in [0.3, 0.4) is 0 Å². The van der Waals surface area contributed by atoms with Crippen molar-refractivity contribution in [3.63, 3.8) is 0 Å². The topological polar surface area (TPSA) is 29.9 Å². The van der Waals surface area contributed by atoms with Crippen molar-refractivity contribution in [2.75, 3.05) is 18.6 Å². The van der Waals surface area contributed by atoms with Gasteiger partial charge in [0.1, 0.15) is 0 Å². The molecule has 14 heavy (non-hydrogen) atoms. The molecule has 0 radical (unpaired) electrons. The summed E-state index contributed by atoms with van der Waals surface area (Å²) >= 11 is 1.86. The Morgan fingerprint density at radius 3 is 2.93 bits per heavy atom. The molecule has 0 aliphatic carbocycles. The van der Waals surface area contributed by atoms with Gasteiger partial charge in [-0.3, -0.25) is 4.68 Å². The molecule has 1 rings (SSSR count). The van der Waals surface area contributed by atoms with E-state index in [-0.39, 0.29) is 0 Å². The molecule has 0 aromatic carbocycles. The SMILES string of the molecule is CSCCNCc1ccn(C(C)C)n1. The predicted octanol–water partition coefficient (Wildman–Crippen LogP) is 1.92. The highest BCUT2D eigenvalue weighted by Gasteiger charge is 2.00. The van der Waals surface area contributed by atoms with Crippen LogP contribution in [-0.2, 0) is 6.54 Å². The van der Waals surface area contributed by atoms with Gasteiger partial charge in [-0.05, 0) is 26.2 Å². The van der Waals surface area contributed by atoms with Gasteiger partial charge >= 0.3 is 0 Å². The Balaban J connectivity index is 2.29. The zero-order valence-corrected chi connectivity index (χ0v) is 9.97. The van der Waals surface area contributed by atoms with E-state index >= 15 is 0 Å². The summed E-state index contributed by atoms with van der Waals surface area (Å²) in [6, 6.07) is 2.53. The lowest BCUT2D eigenvalue weighted by atomic mass is 10.4. The molecule has 0 aliphatic rings. The summed E-state index contributed by atoms with van der Waals surface area (Å²) in [5.74, 6) is 1.16. The van der Waals surface area contributed by atoms with Crippen molar-refractivity contribution in [3.05, 3.63) is 18.0 Å². The van der Waals surface area contributed by atoms with Crippen molar-refractivity contribution in [2.45, 2.75) is 26.4 Å². The van der Waals surface area contributed by atoms with Crippen LogP contribution in [0.15, 0.2) is 12.3 Å². The van der Waals surface area contributed by atoms with E-state index in [1.54, 1.807) is 0 Å². The number of nitrogens with zero attached hydrogens (tertiary/aromatic N) is 2. The zero-order valence-electron chi connectivity index (χ0n) is 9.16. The summed E-state index contributed by atoms with van der Waals surface area (Å²) in [6.07, 6.45) is 4.16. The van der Waals surface area contributed by atoms with Crippen LogP contribution in [-0.4, -0.2) is 28.3 Å². The average Bonchev–Trinajstić information content (AvgIpc) is 2.61. The maximum absolute atomic E-state index is 4.45. The fourth-order valence-corrected chi connectivity index (χ4v) is 1.50. The molecule has 1 N–H and O–H groups in total. The summed E-state index contributed by atoms with van der Waals surface area (Å²) in [5, 5.41) is 7.81. The lowest BCUT2D eigenvalue weighted by Gasteiger charge is -2.04. The van der Waals surface area contributed by atoms with Crippen molar-refractivity contribution in [2.24, 2.45) is 0 Å². The first-order chi connectivity index (χ1) is 6.74. The number of aromatic nitrogens is 2. The van der Waals surface area contributed by atoms with Crippen LogP contribution in [0.1, 0.15) is 25.6 Å². The third kappa shape index (κ3) is 3.72. The molecule has 0 fully saturated rings. The van der Waals surface area contributed by atoms with Crippen LogP contribution < -0.4 is 5.32 Å². The summed E-state index contributed by atoms with van der Waals surface area (Å²) < 4.78 is 1.99. The molecule has 0 aliphatic heterocycles. The third-order valence-corrected chi connectivity index (χ3v) is 2.59. The summed E-state index contributed by atoms with van der Waals surface area (Å²) in [4.78, 5) is 0. The minimum Gasteiger partial charge on any atom is -0.310 e. The van der Waals surface area contributed by atoms with E-state index in [1.165, 1.54) is 0 Å². The highest BCUT2D eigenvalue weighted by atomic mass is 32.2. The molecule has 0 unspecified atom stereocenters. The maximum Gasteiger partial charge on any atom is 0.0762 e. The summed E-state index contributed by atoms with van der Waals surface area (Å²) in [5.41, 5.74) is 1.12. The second-order valence-electron chi connectivity index (χ2n) is 3.55. The fourth-order valence-electron chi connectivity index (χ4n) is 1.15. The van der Waals surface area contributed by atoms with Gasteiger partial charge in [-0.25, -0.2) is 0 Å². The predicted molar refractivity (Wildman–Crippen MR) is 62.7 cm³/mol. The molecule has 1 heterocycles. The average molecular weight is 213 g/mol. The first-order valence-electron chi connectivity index (χ1n) is 4.97. The van der Waals surface area contributed by atoms with E-state index < -0.39 is 0 Å². The largest absolute Gasteiger partial charge is 0.310 e. The highest BCUT2D eigenvalue weighted by molar-refractivity contribution is 7.98. The van der Waals surface area contributed by atoms with Gasteiger partial charge in [0.15, 0.2) is 0 Å². The first-order valence-corrected chi connectivity index (χ1v) is 6.37. The lowest BCUT2D eigenvalue weighted by molar-refractivity contribution is 0.522. The quantitative estimate of drug-likeness (QED) is 0.732. The second kappa shape index (κ2) is 6.09. The minimum absolute atomic E-state index is 0.454. The molecular formula is C10H19N3S. The highest BCUT2D eigenvalue weighted by Crippen LogP contribution is 2.03. The van der Waals surface area contributed by atoms with Gasteiger partial charge in [0, 0.05) is 31.1 Å². The van der Waals surface area contributed by atoms with Crippen molar-refractivity contribution in [1.82, 2.24) is 15.1 Å². The van der Waals surface area contributed by atoms with Crippen molar-refractivity contribution in [3.8, 4) is 0 Å². The first kappa shape index (κ1) is 11.6. The van der Waals surface area contributed by atoms with Gasteiger partial charge in [0.05, 0.1) is 5.69 Å². The Kier molecular flexibility index (Phi) is 5.04. The Bertz CT molecular complexity index is 258. The van der Waals surface area contributed by atoms with Crippen LogP contribution in [0.25, 0.3) is 0 Å². The smallest absolute Gasteiger partial charge is 0.0762 e. The molecule has 0 saturated heterocycles. The standard InChI is InChI=1S/C10H19N3S/c1-9(2)13-6-4-10(12-13)8-11-5-7-14-3/h4,6,9,11H,5,7-8H2,1-3H3. The van der Waals surface area contributed by atoms with E-state index in [0.29, 0.717) is 6.04 Å². The van der Waals surface area contributed by atoms with E-state index in [0.717, 1.165) is 24.5 Å². The molecule has 1 aromatic rings. The summed E-state index contributed by atoms with van der Waals surface area (Å²) in [7, 11) is 0. The van der Waals surface area contributed by atoms with Gasteiger partial charge in [-0.1, -0.05) is 0 Å². The van der Waals surface area contributed by atoms with E-state index in [4.69, 9.17) is 0 Å². The van der Waals surface area contributed by atoms with Gasteiger partial charge in [0.2, 0.25) is 0 Å². The number of hydrogen-bond acceptors (Lipinski definition) is 3. The molecule has 0 bridgehead atoms. The molecule has 0 atom stereocenters. The fraction of sp³-hybridized carbons (Fsp3) is 0.700. The Hall–Kier alpha value is -0.480. The van der Waals surface area contributed by atoms with Crippen molar-refractivity contribution in [1.29, 1.82) is 0 Å². The maximum atomic E-state index is 4.45. The van der Waals surface area contributed by atoms with Crippen LogP contribution in [0.5, 0.6) is 0 Å². The van der Waals surface area contributed by atoms with Crippen molar-refractivity contribution >= 4 is 11.8 Å². The zero-order chi connectivity index (χ0) is 10.4. The number of rotatable bonds is 6. The molecule has 0 spiro atoms. The molecule has 3 nitrogen and oxygen atoms in total. The van der Waals surface area contributed by atoms with Crippen LogP contribution in [0.4, 0.5) is 0 Å². The monoisotopic (exact) mass is 213 g/mol.